The van der Waals surface area contributed by atoms with Crippen molar-refractivity contribution in [2.45, 2.75) is 36.3 Å². The number of hydrogen-bond acceptors (Lipinski definition) is 12. The summed E-state index contributed by atoms with van der Waals surface area (Å²) in [5, 5.41) is 10.6. The smallest absolute Gasteiger partial charge is 0.388 e. The van der Waals surface area contributed by atoms with Crippen molar-refractivity contribution < 1.29 is 60.6 Å². The van der Waals surface area contributed by atoms with Gasteiger partial charge in [0.25, 0.3) is 5.56 Å². The number of nitrogen functional groups attached to an aromatic ring is 1. The monoisotopic (exact) mass is 587 g/mol. The molecule has 7 atom stereocenters. The minimum atomic E-state index is -5.81. The summed E-state index contributed by atoms with van der Waals surface area (Å²) >= 11 is 6.28. The molecule has 18 nitrogen and oxygen atoms in total. The van der Waals surface area contributed by atoms with E-state index in [-0.39, 0.29) is 17.1 Å². The SMILES string of the molecule is C[C@@H](OP(=O)(O)OP(=O)(O)OP(=O)(O)O)[C@H]1O[C@@H](n2cnc3c(=O)[nH]c(N)nc32)[C@@](Cl)(CF)C1O. The number of aromatic nitrogens is 4. The quantitative estimate of drug-likeness (QED) is 0.146. The van der Waals surface area contributed by atoms with Gasteiger partial charge in [0.2, 0.25) is 5.95 Å². The van der Waals surface area contributed by atoms with Crippen molar-refractivity contribution in [2.24, 2.45) is 0 Å². The van der Waals surface area contributed by atoms with Crippen molar-refractivity contribution in [2.75, 3.05) is 12.4 Å². The van der Waals surface area contributed by atoms with Gasteiger partial charge in [-0.25, -0.2) is 23.1 Å². The predicted octanol–water partition coefficient (Wildman–Crippen LogP) is -0.361. The average molecular weight is 588 g/mol. The van der Waals surface area contributed by atoms with Gasteiger partial charge in [-0.05, 0) is 6.92 Å². The van der Waals surface area contributed by atoms with Crippen LogP contribution in [0.5, 0.6) is 0 Å². The molecule has 3 rings (SSSR count). The lowest BCUT2D eigenvalue weighted by molar-refractivity contribution is -0.0733. The maximum atomic E-state index is 14.0. The molecule has 2 aromatic rings. The number of hydrogen-bond donors (Lipinski definition) is 7. The predicted molar refractivity (Wildman–Crippen MR) is 111 cm³/mol. The van der Waals surface area contributed by atoms with Gasteiger partial charge >= 0.3 is 23.5 Å². The summed E-state index contributed by atoms with van der Waals surface area (Å²) in [5.74, 6) is -0.333. The number of rotatable bonds is 9. The topological polar surface area (TPSA) is 279 Å². The summed E-state index contributed by atoms with van der Waals surface area (Å²) in [4.78, 5) is 55.7. The van der Waals surface area contributed by atoms with Gasteiger partial charge in [-0.2, -0.15) is 13.6 Å². The van der Waals surface area contributed by atoms with E-state index in [1.165, 1.54) is 0 Å². The van der Waals surface area contributed by atoms with Gasteiger partial charge in [0.15, 0.2) is 17.4 Å². The van der Waals surface area contributed by atoms with Crippen molar-refractivity contribution in [1.29, 1.82) is 0 Å². The Kier molecular flexibility index (Phi) is 7.70. The lowest BCUT2D eigenvalue weighted by atomic mass is 9.97. The summed E-state index contributed by atoms with van der Waals surface area (Å²) < 4.78 is 66.7. The maximum Gasteiger partial charge on any atom is 0.490 e. The van der Waals surface area contributed by atoms with Crippen molar-refractivity contribution in [1.82, 2.24) is 19.5 Å². The van der Waals surface area contributed by atoms with Crippen LogP contribution in [-0.2, 0) is 31.6 Å². The van der Waals surface area contributed by atoms with Gasteiger partial charge in [0.05, 0.1) is 12.4 Å². The van der Waals surface area contributed by atoms with Crippen molar-refractivity contribution in [3.8, 4) is 0 Å². The molecule has 0 spiro atoms. The van der Waals surface area contributed by atoms with Crippen molar-refractivity contribution in [3.63, 3.8) is 0 Å². The molecule has 23 heteroatoms. The molecule has 0 saturated carbocycles. The molecule has 1 saturated heterocycles. The van der Waals surface area contributed by atoms with Crippen LogP contribution >= 0.6 is 35.1 Å². The fourth-order valence-electron chi connectivity index (χ4n) is 3.25. The van der Waals surface area contributed by atoms with E-state index < -0.39 is 65.1 Å². The molecule has 3 heterocycles. The second kappa shape index (κ2) is 9.54. The lowest BCUT2D eigenvalue weighted by Gasteiger charge is -2.28. The van der Waals surface area contributed by atoms with Crippen LogP contribution in [0.3, 0.4) is 0 Å². The number of fused-ring (bicyclic) bond motifs is 1. The summed E-state index contributed by atoms with van der Waals surface area (Å²) in [5.41, 5.74) is 4.32. The molecule has 198 valence electrons. The highest BCUT2D eigenvalue weighted by Crippen LogP contribution is 2.66. The number of nitrogens with one attached hydrogen (secondary N) is 1. The number of phosphoric acid groups is 3. The van der Waals surface area contributed by atoms with Crippen LogP contribution in [0.1, 0.15) is 13.2 Å². The normalized spacial score (nSPS) is 29.7. The van der Waals surface area contributed by atoms with Crippen molar-refractivity contribution in [3.05, 3.63) is 16.7 Å². The molecule has 1 aliphatic heterocycles. The van der Waals surface area contributed by atoms with Gasteiger partial charge in [-0.3, -0.25) is 18.9 Å². The standard InChI is InChI=1S/C12H18ClFN5O13P3/c1-4(30-34(25,26)32-35(27,28)31-33(22,23)24)6-7(20)12(13,2-14)10(29-6)19-3-16-5-8(19)17-11(15)18-9(5)21/h3-4,6-7,10,20H,2H2,1H3,(H,25,26)(H,27,28)(H2,22,23,24)(H3,15,17,18,21)/t4-,6-,7?,10-,12-/m1/s1. The molecule has 0 aromatic carbocycles. The number of aliphatic hydroxyl groups is 1. The third-order valence-corrected chi connectivity index (χ3v) is 9.02. The van der Waals surface area contributed by atoms with Gasteiger partial charge in [0.1, 0.15) is 23.8 Å². The summed E-state index contributed by atoms with van der Waals surface area (Å²) in [6.45, 7) is -0.450. The first-order valence-electron chi connectivity index (χ1n) is 9.02. The molecule has 1 fully saturated rings. The first-order valence-corrected chi connectivity index (χ1v) is 13.9. The summed E-state index contributed by atoms with van der Waals surface area (Å²) in [6.07, 6.45) is -6.07. The molecule has 0 aliphatic carbocycles. The van der Waals surface area contributed by atoms with Crippen LogP contribution in [0, 0.1) is 0 Å². The highest BCUT2D eigenvalue weighted by Gasteiger charge is 2.59. The number of H-pyrrole nitrogens is 1. The second-order valence-corrected chi connectivity index (χ2v) is 12.2. The Bertz CT molecular complexity index is 1320. The largest absolute Gasteiger partial charge is 0.490 e. The number of alkyl halides is 2. The first-order chi connectivity index (χ1) is 15.9. The number of nitrogens with zero attached hydrogens (tertiary/aromatic N) is 3. The van der Waals surface area contributed by atoms with Crippen LogP contribution in [0.4, 0.5) is 10.3 Å². The van der Waals surface area contributed by atoms with E-state index in [0.29, 0.717) is 0 Å². The molecular formula is C12H18ClFN5O13P3. The Balaban J connectivity index is 1.88. The lowest BCUT2D eigenvalue weighted by Crippen LogP contribution is -2.46. The second-order valence-electron chi connectivity index (χ2n) is 7.14. The minimum Gasteiger partial charge on any atom is -0.388 e. The number of phosphoric ester groups is 1. The molecule has 2 aromatic heterocycles. The molecule has 35 heavy (non-hydrogen) atoms. The Hall–Kier alpha value is -1.30. The third kappa shape index (κ3) is 5.99. The van der Waals surface area contributed by atoms with E-state index in [0.717, 1.165) is 17.8 Å². The molecule has 0 radical (unpaired) electrons. The van der Waals surface area contributed by atoms with Gasteiger partial charge < -0.3 is 35.2 Å². The van der Waals surface area contributed by atoms with E-state index in [1.807, 2.05) is 0 Å². The fourth-order valence-corrected chi connectivity index (χ4v) is 6.73. The van der Waals surface area contributed by atoms with Crippen LogP contribution in [0.2, 0.25) is 0 Å². The Morgan fingerprint density at radius 3 is 2.51 bits per heavy atom. The third-order valence-electron chi connectivity index (χ3n) is 4.59. The van der Waals surface area contributed by atoms with Gasteiger partial charge in [-0.15, -0.1) is 11.6 Å². The zero-order valence-corrected chi connectivity index (χ0v) is 20.6. The molecule has 0 bridgehead atoms. The number of halogens is 2. The van der Waals surface area contributed by atoms with Gasteiger partial charge in [-0.1, -0.05) is 0 Å². The summed E-state index contributed by atoms with van der Waals surface area (Å²) in [6, 6.07) is 0. The van der Waals surface area contributed by atoms with Crippen LogP contribution in [0.15, 0.2) is 11.1 Å². The molecule has 0 amide bonds. The number of aromatic amines is 1. The Labute approximate surface area is 198 Å². The van der Waals surface area contributed by atoms with Crippen LogP contribution < -0.4 is 11.3 Å². The van der Waals surface area contributed by atoms with E-state index >= 15 is 0 Å². The minimum absolute atomic E-state index is 0.205. The Morgan fingerprint density at radius 2 is 1.94 bits per heavy atom. The fraction of sp³-hybridized carbons (Fsp3) is 0.583. The maximum absolute atomic E-state index is 14.0. The number of imidazole rings is 1. The van der Waals surface area contributed by atoms with E-state index in [2.05, 4.69) is 28.1 Å². The van der Waals surface area contributed by atoms with Crippen molar-refractivity contribution >= 4 is 52.2 Å². The molecular weight excluding hydrogens is 570 g/mol. The summed E-state index contributed by atoms with van der Waals surface area (Å²) in [7, 11) is -17.1. The zero-order chi connectivity index (χ0) is 26.6. The van der Waals surface area contributed by atoms with Gasteiger partial charge in [0, 0.05) is 0 Å². The number of anilines is 1. The van der Waals surface area contributed by atoms with E-state index in [1.54, 1.807) is 0 Å². The van der Waals surface area contributed by atoms with E-state index in [9.17, 15) is 37.8 Å². The number of nitrogens with two attached hydrogens (primary N) is 1. The molecule has 8 N–H and O–H groups in total. The number of ether oxygens (including phenoxy) is 1. The highest BCUT2D eigenvalue weighted by atomic mass is 35.5. The first kappa shape index (κ1) is 28.3. The Morgan fingerprint density at radius 1 is 1.31 bits per heavy atom. The van der Waals surface area contributed by atoms with E-state index in [4.69, 9.17) is 31.9 Å². The average Bonchev–Trinajstić information content (AvgIpc) is 3.18. The van der Waals surface area contributed by atoms with Crippen LogP contribution in [0.25, 0.3) is 11.2 Å². The highest BCUT2D eigenvalue weighted by molar-refractivity contribution is 7.66. The molecule has 1 aliphatic rings. The molecule has 3 unspecified atom stereocenters. The number of aliphatic hydroxyl groups excluding tert-OH is 1. The zero-order valence-electron chi connectivity index (χ0n) is 17.1. The van der Waals surface area contributed by atoms with Crippen LogP contribution in [-0.4, -0.2) is 74.1 Å².